The van der Waals surface area contributed by atoms with E-state index in [0.717, 1.165) is 4.88 Å². The van der Waals surface area contributed by atoms with Crippen molar-refractivity contribution in [2.24, 2.45) is 0 Å². The van der Waals surface area contributed by atoms with E-state index in [0.29, 0.717) is 28.6 Å². The van der Waals surface area contributed by atoms with E-state index in [1.807, 2.05) is 23.6 Å². The number of thiophene rings is 1. The molecule has 0 aliphatic carbocycles. The number of thiocarbonyl (C=S) groups is 1. The molecular weight excluding hydrogens is 424 g/mol. The lowest BCUT2D eigenvalue weighted by Crippen LogP contribution is -2.38. The van der Waals surface area contributed by atoms with Gasteiger partial charge in [0.15, 0.2) is 9.84 Å². The van der Waals surface area contributed by atoms with Crippen molar-refractivity contribution in [3.05, 3.63) is 27.3 Å². The molecule has 0 radical (unpaired) electrons. The highest BCUT2D eigenvalue weighted by molar-refractivity contribution is 8.26. The molecule has 146 valence electrons. The first-order chi connectivity index (χ1) is 12.8. The number of hydrogen-bond acceptors (Lipinski definition) is 7. The fourth-order valence-corrected chi connectivity index (χ4v) is 6.85. The average molecular weight is 445 g/mol. The van der Waals surface area contributed by atoms with E-state index in [1.165, 1.54) is 21.6 Å². The van der Waals surface area contributed by atoms with Crippen LogP contribution in [0, 0.1) is 0 Å². The van der Waals surface area contributed by atoms with Gasteiger partial charge < -0.3 is 4.90 Å². The van der Waals surface area contributed by atoms with Crippen LogP contribution in [0.2, 0.25) is 0 Å². The second-order valence-corrected chi connectivity index (χ2v) is 11.4. The third-order valence-corrected chi connectivity index (χ3v) is 8.56. The maximum Gasteiger partial charge on any atom is 0.266 e. The van der Waals surface area contributed by atoms with Gasteiger partial charge in [-0.15, -0.1) is 11.3 Å². The summed E-state index contributed by atoms with van der Waals surface area (Å²) in [4.78, 5) is 29.5. The Morgan fingerprint density at radius 3 is 2.89 bits per heavy atom. The number of carbonyl (C=O) groups excluding carboxylic acids is 2. The van der Waals surface area contributed by atoms with Crippen molar-refractivity contribution in [2.75, 3.05) is 25.1 Å². The second-order valence-electron chi connectivity index (χ2n) is 6.51. The summed E-state index contributed by atoms with van der Waals surface area (Å²) in [6.07, 6.45) is 3.08. The molecular formula is C17H20N2O4S4. The van der Waals surface area contributed by atoms with Gasteiger partial charge in [-0.25, -0.2) is 8.42 Å². The molecule has 27 heavy (non-hydrogen) atoms. The number of carbonyl (C=O) groups is 2. The van der Waals surface area contributed by atoms with Crippen LogP contribution in [-0.4, -0.2) is 65.5 Å². The molecule has 2 aliphatic heterocycles. The fraction of sp³-hybridized carbons (Fsp3) is 0.471. The van der Waals surface area contributed by atoms with Crippen LogP contribution in [-0.2, 0) is 19.4 Å². The lowest BCUT2D eigenvalue weighted by molar-refractivity contribution is -0.132. The van der Waals surface area contributed by atoms with Gasteiger partial charge in [0.2, 0.25) is 5.91 Å². The molecule has 0 saturated carbocycles. The van der Waals surface area contributed by atoms with Gasteiger partial charge in [0.25, 0.3) is 5.91 Å². The molecule has 1 atom stereocenters. The van der Waals surface area contributed by atoms with E-state index < -0.39 is 9.84 Å². The molecule has 0 spiro atoms. The number of hydrogen-bond donors (Lipinski definition) is 0. The Morgan fingerprint density at radius 1 is 1.48 bits per heavy atom. The van der Waals surface area contributed by atoms with Crippen molar-refractivity contribution in [3.8, 4) is 0 Å². The molecule has 2 fully saturated rings. The minimum atomic E-state index is -3.02. The molecule has 2 amide bonds. The molecule has 0 bridgehead atoms. The van der Waals surface area contributed by atoms with Crippen LogP contribution < -0.4 is 0 Å². The van der Waals surface area contributed by atoms with E-state index in [2.05, 4.69) is 0 Å². The highest BCUT2D eigenvalue weighted by Gasteiger charge is 2.34. The van der Waals surface area contributed by atoms with Crippen LogP contribution in [0.15, 0.2) is 22.4 Å². The number of amides is 2. The van der Waals surface area contributed by atoms with Crippen LogP contribution in [0.1, 0.15) is 24.1 Å². The first-order valence-electron chi connectivity index (χ1n) is 8.52. The van der Waals surface area contributed by atoms with Gasteiger partial charge in [-0.3, -0.25) is 14.5 Å². The van der Waals surface area contributed by atoms with Gasteiger partial charge in [-0.2, -0.15) is 0 Å². The third-order valence-electron chi connectivity index (χ3n) is 4.61. The van der Waals surface area contributed by atoms with E-state index in [-0.39, 0.29) is 35.8 Å². The van der Waals surface area contributed by atoms with Crippen molar-refractivity contribution < 1.29 is 18.0 Å². The highest BCUT2D eigenvalue weighted by Crippen LogP contribution is 2.33. The van der Waals surface area contributed by atoms with Crippen LogP contribution in [0.4, 0.5) is 0 Å². The Balaban J connectivity index is 1.50. The van der Waals surface area contributed by atoms with E-state index in [4.69, 9.17) is 12.2 Å². The predicted molar refractivity (Wildman–Crippen MR) is 113 cm³/mol. The van der Waals surface area contributed by atoms with Crippen molar-refractivity contribution >= 4 is 67.4 Å². The summed E-state index contributed by atoms with van der Waals surface area (Å²) in [6, 6.07) is 3.62. The molecule has 1 aromatic heterocycles. The molecule has 0 aromatic carbocycles. The van der Waals surface area contributed by atoms with E-state index in [9.17, 15) is 18.0 Å². The van der Waals surface area contributed by atoms with E-state index >= 15 is 0 Å². The smallest absolute Gasteiger partial charge is 0.266 e. The maximum atomic E-state index is 12.5. The summed E-state index contributed by atoms with van der Waals surface area (Å²) in [5, 5.41) is 1.95. The Morgan fingerprint density at radius 2 is 2.26 bits per heavy atom. The first kappa shape index (κ1) is 20.5. The zero-order valence-corrected chi connectivity index (χ0v) is 18.1. The summed E-state index contributed by atoms with van der Waals surface area (Å²) in [6.45, 7) is 0.384. The molecule has 10 heteroatoms. The topological polar surface area (TPSA) is 74.8 Å². The molecule has 3 rings (SSSR count). The van der Waals surface area contributed by atoms with Crippen LogP contribution in [0.3, 0.4) is 0 Å². The number of nitrogens with zero attached hydrogens (tertiary/aromatic N) is 2. The standard InChI is InChI=1S/C17H20N2O4S4/c1-18(12-6-9-27(22,23)11-12)15(20)5-2-7-19-16(21)14(26-17(19)24)10-13-4-3-8-25-13/h3-4,8,10,12H,2,5-7,9,11H2,1H3/b14-10-/t12-/m1/s1. The molecule has 2 aliphatic rings. The molecule has 1 aromatic rings. The van der Waals surface area contributed by atoms with Gasteiger partial charge >= 0.3 is 0 Å². The Kier molecular flexibility index (Phi) is 6.39. The zero-order chi connectivity index (χ0) is 19.6. The minimum absolute atomic E-state index is 0.0391. The zero-order valence-electron chi connectivity index (χ0n) is 14.8. The van der Waals surface area contributed by atoms with Crippen molar-refractivity contribution in [1.82, 2.24) is 9.80 Å². The first-order valence-corrected chi connectivity index (χ1v) is 12.4. The van der Waals surface area contributed by atoms with Crippen molar-refractivity contribution in [3.63, 3.8) is 0 Å². The predicted octanol–water partition coefficient (Wildman–Crippen LogP) is 2.38. The Hall–Kier alpha value is -1.23. The molecule has 2 saturated heterocycles. The van der Waals surface area contributed by atoms with Crippen LogP contribution >= 0.6 is 35.3 Å². The third kappa shape index (κ3) is 4.98. The molecule has 0 N–H and O–H groups in total. The van der Waals surface area contributed by atoms with E-state index in [1.54, 1.807) is 18.4 Å². The number of rotatable bonds is 6. The quantitative estimate of drug-likeness (QED) is 0.495. The highest BCUT2D eigenvalue weighted by atomic mass is 32.2. The van der Waals surface area contributed by atoms with Crippen LogP contribution in [0.5, 0.6) is 0 Å². The second kappa shape index (κ2) is 8.42. The molecule has 3 heterocycles. The lowest BCUT2D eigenvalue weighted by Gasteiger charge is -2.24. The van der Waals surface area contributed by atoms with Gasteiger partial charge in [0.1, 0.15) is 4.32 Å². The number of thioether (sulfide) groups is 1. The average Bonchev–Trinajstić information content (AvgIpc) is 3.30. The van der Waals surface area contributed by atoms with Crippen molar-refractivity contribution in [2.45, 2.75) is 25.3 Å². The SMILES string of the molecule is CN(C(=O)CCCN1C(=O)/C(=C/c2cccs2)SC1=S)[C@@H]1CCS(=O)(=O)C1. The Bertz CT molecular complexity index is 877. The van der Waals surface area contributed by atoms with Crippen LogP contribution in [0.25, 0.3) is 6.08 Å². The number of sulfone groups is 1. The largest absolute Gasteiger partial charge is 0.342 e. The fourth-order valence-electron chi connectivity index (χ4n) is 3.04. The van der Waals surface area contributed by atoms with Gasteiger partial charge in [-0.1, -0.05) is 30.0 Å². The summed E-state index contributed by atoms with van der Waals surface area (Å²) in [5.74, 6) is -0.0439. The normalized spacial score (nSPS) is 23.4. The summed E-state index contributed by atoms with van der Waals surface area (Å²) >= 11 is 8.14. The van der Waals surface area contributed by atoms with Gasteiger partial charge in [0.05, 0.1) is 16.4 Å². The van der Waals surface area contributed by atoms with Crippen molar-refractivity contribution in [1.29, 1.82) is 0 Å². The summed E-state index contributed by atoms with van der Waals surface area (Å²) in [5.41, 5.74) is 0. The summed E-state index contributed by atoms with van der Waals surface area (Å²) in [7, 11) is -1.37. The Labute approximate surface area is 172 Å². The molecule has 0 unspecified atom stereocenters. The lowest BCUT2D eigenvalue weighted by atomic mass is 10.2. The minimum Gasteiger partial charge on any atom is -0.342 e. The summed E-state index contributed by atoms with van der Waals surface area (Å²) < 4.78 is 23.6. The monoisotopic (exact) mass is 444 g/mol. The van der Waals surface area contributed by atoms with Gasteiger partial charge in [-0.05, 0) is 30.4 Å². The van der Waals surface area contributed by atoms with Gasteiger partial charge in [0, 0.05) is 30.9 Å². The maximum absolute atomic E-state index is 12.5. The molecule has 6 nitrogen and oxygen atoms in total.